The van der Waals surface area contributed by atoms with Gasteiger partial charge in [0, 0.05) is 13.0 Å². The molecular formula is C8H12F3NO. The molecule has 0 aromatic carbocycles. The molecule has 13 heavy (non-hydrogen) atoms. The minimum atomic E-state index is -4.26. The predicted octanol–water partition coefficient (Wildman–Crippen LogP) is 1.95. The molecule has 0 aliphatic carbocycles. The third kappa shape index (κ3) is 2.14. The molecular weight excluding hydrogens is 183 g/mol. The number of hydrogen-bond acceptors (Lipinski definition) is 1. The quantitative estimate of drug-likeness (QED) is 0.626. The van der Waals surface area contributed by atoms with Crippen LogP contribution in [0, 0.1) is 0 Å². The van der Waals surface area contributed by atoms with E-state index in [2.05, 4.69) is 0 Å². The topological polar surface area (TPSA) is 20.3 Å². The summed E-state index contributed by atoms with van der Waals surface area (Å²) >= 11 is 0. The van der Waals surface area contributed by atoms with Crippen molar-refractivity contribution in [2.24, 2.45) is 0 Å². The summed E-state index contributed by atoms with van der Waals surface area (Å²) in [4.78, 5) is 12.0. The van der Waals surface area contributed by atoms with Gasteiger partial charge >= 0.3 is 6.18 Å². The number of hydrogen-bond donors (Lipinski definition) is 0. The Kier molecular flexibility index (Phi) is 2.83. The number of likely N-dealkylation sites (tertiary alicyclic amines) is 1. The highest BCUT2D eigenvalue weighted by molar-refractivity contribution is 5.76. The zero-order valence-electron chi connectivity index (χ0n) is 7.40. The van der Waals surface area contributed by atoms with Crippen molar-refractivity contribution in [3.8, 4) is 0 Å². The summed E-state index contributed by atoms with van der Waals surface area (Å²) in [5.41, 5.74) is 0. The van der Waals surface area contributed by atoms with Gasteiger partial charge in [-0.25, -0.2) is 0 Å². The van der Waals surface area contributed by atoms with Gasteiger partial charge in [-0.1, -0.05) is 6.92 Å². The van der Waals surface area contributed by atoms with Crippen molar-refractivity contribution in [3.05, 3.63) is 0 Å². The van der Waals surface area contributed by atoms with Crippen LogP contribution in [0.4, 0.5) is 13.2 Å². The Morgan fingerprint density at radius 1 is 1.54 bits per heavy atom. The lowest BCUT2D eigenvalue weighted by Crippen LogP contribution is -2.44. The maximum Gasteiger partial charge on any atom is 0.408 e. The van der Waals surface area contributed by atoms with Crippen molar-refractivity contribution in [2.75, 3.05) is 6.54 Å². The van der Waals surface area contributed by atoms with Gasteiger partial charge < -0.3 is 4.90 Å². The summed E-state index contributed by atoms with van der Waals surface area (Å²) in [5.74, 6) is -0.403. The van der Waals surface area contributed by atoms with E-state index in [-0.39, 0.29) is 19.4 Å². The molecule has 1 aliphatic rings. The fourth-order valence-electron chi connectivity index (χ4n) is 1.61. The second-order valence-electron chi connectivity index (χ2n) is 3.14. The molecule has 0 N–H and O–H groups in total. The Bertz CT molecular complexity index is 202. The minimum Gasteiger partial charge on any atom is -0.331 e. The van der Waals surface area contributed by atoms with Crippen molar-refractivity contribution in [2.45, 2.75) is 38.4 Å². The average molecular weight is 195 g/mol. The molecule has 1 rings (SSSR count). The van der Waals surface area contributed by atoms with Crippen molar-refractivity contribution in [1.82, 2.24) is 4.90 Å². The highest BCUT2D eigenvalue weighted by atomic mass is 19.4. The smallest absolute Gasteiger partial charge is 0.331 e. The molecule has 1 amide bonds. The first-order valence-corrected chi connectivity index (χ1v) is 4.33. The third-order valence-electron chi connectivity index (χ3n) is 2.25. The first kappa shape index (κ1) is 10.3. The Balaban J connectivity index is 2.70. The van der Waals surface area contributed by atoms with Gasteiger partial charge in [0.2, 0.25) is 5.91 Å². The summed E-state index contributed by atoms with van der Waals surface area (Å²) in [5, 5.41) is 0. The fourth-order valence-corrected chi connectivity index (χ4v) is 1.61. The second kappa shape index (κ2) is 3.55. The lowest BCUT2D eigenvalue weighted by molar-refractivity contribution is -0.182. The highest BCUT2D eigenvalue weighted by Crippen LogP contribution is 2.32. The minimum absolute atomic E-state index is 0.0508. The summed E-state index contributed by atoms with van der Waals surface area (Å²) in [6.45, 7) is 1.82. The number of nitrogens with zero attached hydrogens (tertiary/aromatic N) is 1. The van der Waals surface area contributed by atoms with E-state index in [0.29, 0.717) is 6.42 Å². The van der Waals surface area contributed by atoms with Crippen molar-refractivity contribution in [1.29, 1.82) is 0 Å². The monoisotopic (exact) mass is 195 g/mol. The van der Waals surface area contributed by atoms with E-state index in [1.54, 1.807) is 6.92 Å². The Hall–Kier alpha value is -0.740. The van der Waals surface area contributed by atoms with Gasteiger partial charge in [-0.05, 0) is 12.8 Å². The number of alkyl halides is 3. The van der Waals surface area contributed by atoms with Gasteiger partial charge in [0.1, 0.15) is 6.04 Å². The van der Waals surface area contributed by atoms with E-state index in [1.165, 1.54) is 0 Å². The Morgan fingerprint density at radius 3 is 2.62 bits per heavy atom. The van der Waals surface area contributed by atoms with Crippen molar-refractivity contribution >= 4 is 5.91 Å². The van der Waals surface area contributed by atoms with Crippen LogP contribution in [0.5, 0.6) is 0 Å². The summed E-state index contributed by atoms with van der Waals surface area (Å²) in [6.07, 6.45) is -3.61. The van der Waals surface area contributed by atoms with Crippen molar-refractivity contribution in [3.63, 3.8) is 0 Å². The van der Waals surface area contributed by atoms with Crippen LogP contribution in [0.25, 0.3) is 0 Å². The molecule has 1 heterocycles. The molecule has 0 spiro atoms. The van der Waals surface area contributed by atoms with Crippen LogP contribution >= 0.6 is 0 Å². The van der Waals surface area contributed by atoms with E-state index < -0.39 is 18.1 Å². The normalized spacial score (nSPS) is 23.7. The molecule has 1 saturated heterocycles. The largest absolute Gasteiger partial charge is 0.408 e. The number of halogens is 3. The van der Waals surface area contributed by atoms with Crippen LogP contribution in [-0.4, -0.2) is 29.6 Å². The van der Waals surface area contributed by atoms with Crippen LogP contribution < -0.4 is 0 Å². The summed E-state index contributed by atoms with van der Waals surface area (Å²) in [7, 11) is 0. The number of carbonyl (C=O) groups is 1. The molecule has 76 valence electrons. The first-order chi connectivity index (χ1) is 5.96. The van der Waals surface area contributed by atoms with Crippen LogP contribution in [0.3, 0.4) is 0 Å². The van der Waals surface area contributed by atoms with E-state index in [1.807, 2.05) is 0 Å². The molecule has 1 atom stereocenters. The van der Waals surface area contributed by atoms with Crippen LogP contribution in [-0.2, 0) is 4.79 Å². The average Bonchev–Trinajstić information content (AvgIpc) is 2.49. The molecule has 0 saturated carbocycles. The number of amides is 1. The van der Waals surface area contributed by atoms with Crippen molar-refractivity contribution < 1.29 is 18.0 Å². The van der Waals surface area contributed by atoms with Gasteiger partial charge in [0.25, 0.3) is 0 Å². The lowest BCUT2D eigenvalue weighted by atomic mass is 10.2. The lowest BCUT2D eigenvalue weighted by Gasteiger charge is -2.26. The SMILES string of the molecule is CCC(=O)N1CCC[C@@H]1C(F)(F)F. The first-order valence-electron chi connectivity index (χ1n) is 4.33. The Morgan fingerprint density at radius 2 is 2.15 bits per heavy atom. The molecule has 0 unspecified atom stereocenters. The molecule has 0 aromatic heterocycles. The van der Waals surface area contributed by atoms with Gasteiger partial charge in [-0.2, -0.15) is 13.2 Å². The van der Waals surface area contributed by atoms with E-state index >= 15 is 0 Å². The van der Waals surface area contributed by atoms with Gasteiger partial charge in [0.15, 0.2) is 0 Å². The molecule has 0 radical (unpaired) electrons. The van der Waals surface area contributed by atoms with Gasteiger partial charge in [-0.3, -0.25) is 4.79 Å². The van der Waals surface area contributed by atoms with Crippen LogP contribution in [0.1, 0.15) is 26.2 Å². The van der Waals surface area contributed by atoms with Crippen LogP contribution in [0.2, 0.25) is 0 Å². The highest BCUT2D eigenvalue weighted by Gasteiger charge is 2.47. The van der Waals surface area contributed by atoms with E-state index in [4.69, 9.17) is 0 Å². The molecule has 5 heteroatoms. The Labute approximate surface area is 74.7 Å². The molecule has 0 aromatic rings. The standard InChI is InChI=1S/C8H12F3NO/c1-2-7(13)12-5-3-4-6(12)8(9,10)11/h6H,2-5H2,1H3/t6-/m1/s1. The van der Waals surface area contributed by atoms with Gasteiger partial charge in [-0.15, -0.1) is 0 Å². The molecule has 0 bridgehead atoms. The molecule has 2 nitrogen and oxygen atoms in total. The fraction of sp³-hybridized carbons (Fsp3) is 0.875. The van der Waals surface area contributed by atoms with Crippen LogP contribution in [0.15, 0.2) is 0 Å². The zero-order valence-corrected chi connectivity index (χ0v) is 7.40. The molecule has 1 fully saturated rings. The molecule has 1 aliphatic heterocycles. The van der Waals surface area contributed by atoms with E-state index in [0.717, 1.165) is 4.90 Å². The summed E-state index contributed by atoms with van der Waals surface area (Å²) in [6, 6.07) is -1.54. The maximum absolute atomic E-state index is 12.3. The maximum atomic E-state index is 12.3. The summed E-state index contributed by atoms with van der Waals surface area (Å²) < 4.78 is 36.9. The third-order valence-corrected chi connectivity index (χ3v) is 2.25. The van der Waals surface area contributed by atoms with Gasteiger partial charge in [0.05, 0.1) is 0 Å². The predicted molar refractivity (Wildman–Crippen MR) is 41.1 cm³/mol. The number of carbonyl (C=O) groups excluding carboxylic acids is 1. The van der Waals surface area contributed by atoms with E-state index in [9.17, 15) is 18.0 Å². The second-order valence-corrected chi connectivity index (χ2v) is 3.14. The zero-order chi connectivity index (χ0) is 10.1. The number of rotatable bonds is 1.